The predicted octanol–water partition coefficient (Wildman–Crippen LogP) is 5.65. The zero-order valence-corrected chi connectivity index (χ0v) is 35.7. The van der Waals surface area contributed by atoms with E-state index in [1.165, 1.54) is 11.1 Å². The minimum absolute atomic E-state index is 0.0196. The first kappa shape index (κ1) is 43.6. The lowest BCUT2D eigenvalue weighted by Gasteiger charge is -2.40. The molecule has 2 saturated carbocycles. The maximum atomic E-state index is 14.1. The van der Waals surface area contributed by atoms with Gasteiger partial charge in [0.2, 0.25) is 23.6 Å². The minimum atomic E-state index is -0.780. The van der Waals surface area contributed by atoms with Crippen LogP contribution in [-0.2, 0) is 19.2 Å². The van der Waals surface area contributed by atoms with Crippen LogP contribution in [0.1, 0.15) is 122 Å². The van der Waals surface area contributed by atoms with Gasteiger partial charge in [-0.3, -0.25) is 28.8 Å². The Balaban J connectivity index is 0.996. The fourth-order valence-electron chi connectivity index (χ4n) is 9.09. The summed E-state index contributed by atoms with van der Waals surface area (Å²) in [6.07, 6.45) is 8.76. The van der Waals surface area contributed by atoms with Gasteiger partial charge in [0.25, 0.3) is 11.8 Å². The zero-order chi connectivity index (χ0) is 42.9. The number of rotatable bonds is 18. The Morgan fingerprint density at radius 3 is 1.59 bits per heavy atom. The van der Waals surface area contributed by atoms with E-state index >= 15 is 0 Å². The molecule has 12 heteroatoms. The molecule has 3 aromatic rings. The molecule has 0 aromatic heterocycles. The van der Waals surface area contributed by atoms with Crippen LogP contribution in [0.4, 0.5) is 0 Å². The zero-order valence-electron chi connectivity index (χ0n) is 35.7. The third-order valence-corrected chi connectivity index (χ3v) is 13.0. The minimum Gasteiger partial charge on any atom is -0.354 e. The van der Waals surface area contributed by atoms with E-state index in [1.54, 1.807) is 39.0 Å². The summed E-state index contributed by atoms with van der Waals surface area (Å²) in [4.78, 5) is 87.3. The van der Waals surface area contributed by atoms with Gasteiger partial charge < -0.3 is 30.7 Å². The summed E-state index contributed by atoms with van der Waals surface area (Å²) < 4.78 is 0. The number of benzene rings is 3. The van der Waals surface area contributed by atoms with E-state index in [1.807, 2.05) is 36.4 Å². The highest BCUT2D eigenvalue weighted by molar-refractivity contribution is 6.00. The van der Waals surface area contributed by atoms with Gasteiger partial charge in [0.05, 0.1) is 18.4 Å². The van der Waals surface area contributed by atoms with Gasteiger partial charge in [0.15, 0.2) is 0 Å². The highest BCUT2D eigenvalue weighted by Gasteiger charge is 2.49. The molecule has 324 valence electrons. The Labute approximate surface area is 360 Å². The molecule has 0 bridgehead atoms. The molecule has 2 aliphatic heterocycles. The van der Waals surface area contributed by atoms with Crippen LogP contribution in [0.5, 0.6) is 0 Å². The number of carbonyl (C=O) groups excluding carboxylic acids is 6. The Kier molecular flexibility index (Phi) is 14.5. The molecule has 4 aliphatic rings. The molecule has 2 saturated heterocycles. The molecule has 7 atom stereocenters. The molecule has 61 heavy (non-hydrogen) atoms. The molecule has 6 amide bonds. The number of carbonyl (C=O) groups is 6. The molecule has 3 aromatic carbocycles. The molecule has 0 spiro atoms. The smallest absolute Gasteiger partial charge is 0.253 e. The second-order valence-corrected chi connectivity index (χ2v) is 17.4. The number of nitrogens with zero attached hydrogens (tertiary/aromatic N) is 3. The topological polar surface area (TPSA) is 148 Å². The molecule has 2 aliphatic carbocycles. The van der Waals surface area contributed by atoms with E-state index in [4.69, 9.17) is 0 Å². The Morgan fingerprint density at radius 1 is 0.557 bits per heavy atom. The quantitative estimate of drug-likeness (QED) is 0.141. The van der Waals surface area contributed by atoms with Gasteiger partial charge in [-0.2, -0.15) is 0 Å². The third kappa shape index (κ3) is 10.9. The number of nitrogens with one attached hydrogen (secondary N) is 3. The van der Waals surface area contributed by atoms with E-state index < -0.39 is 17.9 Å². The average Bonchev–Trinajstić information content (AvgIpc) is 4.20. The van der Waals surface area contributed by atoms with Crippen molar-refractivity contribution in [3.63, 3.8) is 0 Å². The van der Waals surface area contributed by atoms with Crippen molar-refractivity contribution in [2.45, 2.75) is 108 Å². The molecule has 0 radical (unpaired) electrons. The van der Waals surface area contributed by atoms with Crippen LogP contribution >= 0.6 is 0 Å². The second-order valence-electron chi connectivity index (χ2n) is 17.4. The van der Waals surface area contributed by atoms with Crippen LogP contribution in [0.3, 0.4) is 0 Å². The van der Waals surface area contributed by atoms with Gasteiger partial charge in [0, 0.05) is 74.2 Å². The first-order chi connectivity index (χ1) is 29.7. The lowest BCUT2D eigenvalue weighted by atomic mass is 9.94. The highest BCUT2D eigenvalue weighted by Crippen LogP contribution is 2.42. The Hall–Kier alpha value is -5.52. The van der Waals surface area contributed by atoms with Gasteiger partial charge in [-0.05, 0) is 61.1 Å². The van der Waals surface area contributed by atoms with Crippen molar-refractivity contribution >= 4 is 35.4 Å². The standard InChI is InChI=1S/C49H62N6O6/c1-3-5-7-15-25-50-47(59)43-32-53(26-27-55(43)44(56)20-10-6-4-2)48(60)35-21-23-36(24-22-35)49(61)54-30-39(45(57)51-41-28-37(41)33-16-11-8-12-17-33)40(31-54)46(58)52-42-29-38(42)34-18-13-9-14-19-34/h8-9,11-14,16-19,21-24,37-43H,3-7,10,15,20,25-32H2,1-2H3,(H,50,59)(H,51,57)(H,52,58)/t37-,38-,39-,40-,41+,42+,43?/m1/s1. The number of amides is 6. The molecule has 1 unspecified atom stereocenters. The summed E-state index contributed by atoms with van der Waals surface area (Å²) in [5.41, 5.74) is 3.05. The maximum absolute atomic E-state index is 14.1. The van der Waals surface area contributed by atoms with Gasteiger partial charge in [-0.15, -0.1) is 0 Å². The number of hydrogen-bond acceptors (Lipinski definition) is 6. The number of piperazine rings is 1. The van der Waals surface area contributed by atoms with Crippen LogP contribution in [0.15, 0.2) is 84.9 Å². The summed E-state index contributed by atoms with van der Waals surface area (Å²) in [5, 5.41) is 9.38. The van der Waals surface area contributed by atoms with E-state index in [0.29, 0.717) is 30.6 Å². The first-order valence-electron chi connectivity index (χ1n) is 22.6. The van der Waals surface area contributed by atoms with Crippen LogP contribution < -0.4 is 16.0 Å². The van der Waals surface area contributed by atoms with Crippen molar-refractivity contribution in [2.24, 2.45) is 11.8 Å². The first-order valence-corrected chi connectivity index (χ1v) is 22.6. The fourth-order valence-corrected chi connectivity index (χ4v) is 9.09. The number of likely N-dealkylation sites (tertiary alicyclic amines) is 1. The molecule has 4 fully saturated rings. The number of hydrogen-bond donors (Lipinski definition) is 3. The highest BCUT2D eigenvalue weighted by atomic mass is 16.2. The van der Waals surface area contributed by atoms with E-state index in [0.717, 1.165) is 57.8 Å². The summed E-state index contributed by atoms with van der Waals surface area (Å²) in [6, 6.07) is 25.8. The SMILES string of the molecule is CCCCCCNC(=O)C1CN(C(=O)c2ccc(C(=O)N3C[C@@H](C(=O)N[C@H]4C[C@@H]4c4ccccc4)[C@H](C(=O)N[C@H]4C[C@@H]4c4ccccc4)C3)cc2)CCN1C(=O)CCCCC. The predicted molar refractivity (Wildman–Crippen MR) is 233 cm³/mol. The molecule has 2 heterocycles. The third-order valence-electron chi connectivity index (χ3n) is 13.0. The fraction of sp³-hybridized carbons (Fsp3) is 0.510. The summed E-state index contributed by atoms with van der Waals surface area (Å²) in [5.74, 6) is -2.34. The van der Waals surface area contributed by atoms with Crippen LogP contribution in [0.2, 0.25) is 0 Å². The van der Waals surface area contributed by atoms with Gasteiger partial charge in [-0.1, -0.05) is 107 Å². The largest absolute Gasteiger partial charge is 0.354 e. The molecular weight excluding hydrogens is 769 g/mol. The molecule has 3 N–H and O–H groups in total. The van der Waals surface area contributed by atoms with Gasteiger partial charge in [0.1, 0.15) is 6.04 Å². The van der Waals surface area contributed by atoms with Crippen molar-refractivity contribution in [1.29, 1.82) is 0 Å². The molecule has 7 rings (SSSR count). The van der Waals surface area contributed by atoms with Crippen molar-refractivity contribution in [2.75, 3.05) is 39.3 Å². The van der Waals surface area contributed by atoms with Crippen molar-refractivity contribution in [3.8, 4) is 0 Å². The maximum Gasteiger partial charge on any atom is 0.253 e. The van der Waals surface area contributed by atoms with Crippen LogP contribution in [0.25, 0.3) is 0 Å². The summed E-state index contributed by atoms with van der Waals surface area (Å²) in [7, 11) is 0. The van der Waals surface area contributed by atoms with Crippen LogP contribution in [0, 0.1) is 11.8 Å². The van der Waals surface area contributed by atoms with Crippen molar-refractivity contribution in [3.05, 3.63) is 107 Å². The normalized spacial score (nSPS) is 24.2. The van der Waals surface area contributed by atoms with E-state index in [-0.39, 0.29) is 85.5 Å². The van der Waals surface area contributed by atoms with Gasteiger partial charge in [-0.25, -0.2) is 0 Å². The van der Waals surface area contributed by atoms with E-state index in [2.05, 4.69) is 54.1 Å². The van der Waals surface area contributed by atoms with Crippen molar-refractivity contribution < 1.29 is 28.8 Å². The number of unbranched alkanes of at least 4 members (excludes halogenated alkanes) is 5. The van der Waals surface area contributed by atoms with Crippen molar-refractivity contribution in [1.82, 2.24) is 30.7 Å². The Bertz CT molecular complexity index is 1930. The second kappa shape index (κ2) is 20.4. The van der Waals surface area contributed by atoms with Crippen LogP contribution in [-0.4, -0.2) is 108 Å². The Morgan fingerprint density at radius 2 is 1.07 bits per heavy atom. The summed E-state index contributed by atoms with van der Waals surface area (Å²) >= 11 is 0. The van der Waals surface area contributed by atoms with Gasteiger partial charge >= 0.3 is 0 Å². The average molecular weight is 831 g/mol. The molecule has 12 nitrogen and oxygen atoms in total. The molecular formula is C49H62N6O6. The van der Waals surface area contributed by atoms with E-state index in [9.17, 15) is 28.8 Å². The lowest BCUT2D eigenvalue weighted by Crippen LogP contribution is -2.61. The summed E-state index contributed by atoms with van der Waals surface area (Å²) in [6.45, 7) is 5.58. The lowest BCUT2D eigenvalue weighted by molar-refractivity contribution is -0.143. The monoisotopic (exact) mass is 830 g/mol.